The largest absolute Gasteiger partial charge is 0.444 e. The Hall–Kier alpha value is -1.62. The molecule has 20 heavy (non-hydrogen) atoms. The van der Waals surface area contributed by atoms with Gasteiger partial charge in [0.2, 0.25) is 0 Å². The van der Waals surface area contributed by atoms with Gasteiger partial charge in [-0.1, -0.05) is 6.07 Å². The molecule has 0 saturated heterocycles. The zero-order valence-electron chi connectivity index (χ0n) is 12.1. The highest BCUT2D eigenvalue weighted by Gasteiger charge is 2.26. The number of halogens is 1. The van der Waals surface area contributed by atoms with E-state index >= 15 is 0 Å². The van der Waals surface area contributed by atoms with E-state index in [9.17, 15) is 9.18 Å². The van der Waals surface area contributed by atoms with Crippen molar-refractivity contribution < 1.29 is 13.9 Å². The minimum absolute atomic E-state index is 0.256. The Labute approximate surface area is 118 Å². The van der Waals surface area contributed by atoms with Crippen molar-refractivity contribution in [2.75, 3.05) is 6.54 Å². The van der Waals surface area contributed by atoms with Crippen LogP contribution in [-0.4, -0.2) is 23.1 Å². The third-order valence-electron chi connectivity index (χ3n) is 3.23. The van der Waals surface area contributed by atoms with E-state index in [4.69, 9.17) is 10.5 Å². The van der Waals surface area contributed by atoms with Crippen molar-refractivity contribution in [1.82, 2.24) is 4.90 Å². The minimum atomic E-state index is -0.531. The number of fused-ring (bicyclic) bond motifs is 1. The molecule has 0 spiro atoms. The van der Waals surface area contributed by atoms with Gasteiger partial charge in [-0.05, 0) is 50.5 Å². The summed E-state index contributed by atoms with van der Waals surface area (Å²) in [5, 5.41) is 0. The fourth-order valence-electron chi connectivity index (χ4n) is 2.27. The van der Waals surface area contributed by atoms with Crippen LogP contribution in [0.2, 0.25) is 0 Å². The van der Waals surface area contributed by atoms with E-state index in [-0.39, 0.29) is 18.0 Å². The first-order valence-corrected chi connectivity index (χ1v) is 6.78. The number of rotatable bonds is 0. The molecule has 0 aromatic heterocycles. The van der Waals surface area contributed by atoms with Crippen LogP contribution in [0.25, 0.3) is 0 Å². The predicted octanol–water partition coefficient (Wildman–Crippen LogP) is 2.97. The van der Waals surface area contributed by atoms with Crippen LogP contribution in [0.3, 0.4) is 0 Å². The van der Waals surface area contributed by atoms with Crippen molar-refractivity contribution in [2.45, 2.75) is 45.4 Å². The molecule has 1 atom stereocenters. The van der Waals surface area contributed by atoms with Gasteiger partial charge in [0, 0.05) is 19.1 Å². The van der Waals surface area contributed by atoms with Crippen LogP contribution >= 0.6 is 0 Å². The molecule has 2 rings (SSSR count). The molecule has 0 radical (unpaired) electrons. The summed E-state index contributed by atoms with van der Waals surface area (Å²) < 4.78 is 18.7. The van der Waals surface area contributed by atoms with Crippen molar-refractivity contribution in [3.8, 4) is 0 Å². The van der Waals surface area contributed by atoms with Gasteiger partial charge < -0.3 is 15.4 Å². The first-order valence-electron chi connectivity index (χ1n) is 6.78. The number of carbonyl (C=O) groups is 1. The molecule has 0 fully saturated rings. The second kappa shape index (κ2) is 5.40. The fraction of sp³-hybridized carbons (Fsp3) is 0.533. The summed E-state index contributed by atoms with van der Waals surface area (Å²) >= 11 is 0. The Morgan fingerprint density at radius 1 is 1.45 bits per heavy atom. The van der Waals surface area contributed by atoms with Gasteiger partial charge in [-0.2, -0.15) is 0 Å². The Morgan fingerprint density at radius 3 is 2.80 bits per heavy atom. The number of nitrogens with zero attached hydrogens (tertiary/aromatic N) is 1. The van der Waals surface area contributed by atoms with Gasteiger partial charge in [0.1, 0.15) is 11.4 Å². The quantitative estimate of drug-likeness (QED) is 0.795. The summed E-state index contributed by atoms with van der Waals surface area (Å²) in [5.74, 6) is -0.301. The summed E-state index contributed by atoms with van der Waals surface area (Å²) in [7, 11) is 0. The maximum absolute atomic E-state index is 13.3. The zero-order chi connectivity index (χ0) is 14.9. The Kier molecular flexibility index (Phi) is 3.99. The van der Waals surface area contributed by atoms with E-state index < -0.39 is 5.60 Å². The first kappa shape index (κ1) is 14.8. The van der Waals surface area contributed by atoms with E-state index in [0.717, 1.165) is 11.1 Å². The minimum Gasteiger partial charge on any atom is -0.444 e. The molecule has 4 nitrogen and oxygen atoms in total. The zero-order valence-corrected chi connectivity index (χ0v) is 12.1. The molecule has 1 heterocycles. The SMILES string of the molecule is CC(C)(C)OC(=O)N1CC[C@H](N)c2cc(F)ccc2C1. The van der Waals surface area contributed by atoms with Crippen LogP contribution in [0, 0.1) is 5.82 Å². The van der Waals surface area contributed by atoms with Gasteiger partial charge >= 0.3 is 6.09 Å². The molecule has 1 aliphatic heterocycles. The van der Waals surface area contributed by atoms with E-state index in [0.29, 0.717) is 19.5 Å². The third-order valence-corrected chi connectivity index (χ3v) is 3.23. The molecule has 0 aliphatic carbocycles. The van der Waals surface area contributed by atoms with E-state index in [1.54, 1.807) is 11.0 Å². The molecule has 0 saturated carbocycles. The Bertz CT molecular complexity index is 511. The summed E-state index contributed by atoms with van der Waals surface area (Å²) in [4.78, 5) is 13.8. The smallest absolute Gasteiger partial charge is 0.410 e. The topological polar surface area (TPSA) is 55.6 Å². The van der Waals surface area contributed by atoms with E-state index in [1.165, 1.54) is 12.1 Å². The van der Waals surface area contributed by atoms with Crippen LogP contribution in [0.5, 0.6) is 0 Å². The normalized spacial score (nSPS) is 19.2. The molecular weight excluding hydrogens is 259 g/mol. The fourth-order valence-corrected chi connectivity index (χ4v) is 2.27. The number of benzene rings is 1. The number of carbonyl (C=O) groups excluding carboxylic acids is 1. The highest BCUT2D eigenvalue weighted by molar-refractivity contribution is 5.68. The monoisotopic (exact) mass is 280 g/mol. The van der Waals surface area contributed by atoms with E-state index in [1.807, 2.05) is 20.8 Å². The van der Waals surface area contributed by atoms with Crippen molar-refractivity contribution in [3.05, 3.63) is 35.1 Å². The molecular formula is C15H21FN2O2. The predicted molar refractivity (Wildman–Crippen MR) is 74.6 cm³/mol. The van der Waals surface area contributed by atoms with Gasteiger partial charge in [0.15, 0.2) is 0 Å². The summed E-state index contributed by atoms with van der Waals surface area (Å²) in [6.07, 6.45) is 0.234. The van der Waals surface area contributed by atoms with Crippen LogP contribution in [-0.2, 0) is 11.3 Å². The molecule has 110 valence electrons. The molecule has 0 bridgehead atoms. The van der Waals surface area contributed by atoms with Gasteiger partial charge in [-0.15, -0.1) is 0 Å². The number of hydrogen-bond donors (Lipinski definition) is 1. The van der Waals surface area contributed by atoms with Crippen molar-refractivity contribution in [1.29, 1.82) is 0 Å². The summed E-state index contributed by atoms with van der Waals surface area (Å²) in [5.41, 5.74) is 7.18. The van der Waals surface area contributed by atoms with Crippen molar-refractivity contribution >= 4 is 6.09 Å². The summed E-state index contributed by atoms with van der Waals surface area (Å²) in [6, 6.07) is 4.28. The standard InChI is InChI=1S/C15H21FN2O2/c1-15(2,3)20-14(19)18-7-6-13(17)12-8-11(16)5-4-10(12)9-18/h4-5,8,13H,6-7,9,17H2,1-3H3/t13-/m0/s1. The lowest BCUT2D eigenvalue weighted by atomic mass is 10.00. The third kappa shape index (κ3) is 3.48. The highest BCUT2D eigenvalue weighted by atomic mass is 19.1. The number of amides is 1. The second-order valence-corrected chi connectivity index (χ2v) is 6.14. The molecule has 1 aliphatic rings. The van der Waals surface area contributed by atoms with E-state index in [2.05, 4.69) is 0 Å². The number of hydrogen-bond acceptors (Lipinski definition) is 3. The number of ether oxygens (including phenoxy) is 1. The first-order chi connectivity index (χ1) is 9.26. The van der Waals surface area contributed by atoms with Crippen molar-refractivity contribution in [2.24, 2.45) is 5.73 Å². The maximum Gasteiger partial charge on any atom is 0.410 e. The summed E-state index contributed by atoms with van der Waals surface area (Å²) in [6.45, 7) is 6.40. The maximum atomic E-state index is 13.3. The van der Waals surface area contributed by atoms with Crippen LogP contribution in [0.1, 0.15) is 44.4 Å². The Morgan fingerprint density at radius 2 is 2.15 bits per heavy atom. The van der Waals surface area contributed by atoms with Gasteiger partial charge in [-0.25, -0.2) is 9.18 Å². The average Bonchev–Trinajstić information content (AvgIpc) is 2.48. The lowest BCUT2D eigenvalue weighted by Crippen LogP contribution is -2.36. The van der Waals surface area contributed by atoms with Gasteiger partial charge in [0.05, 0.1) is 0 Å². The van der Waals surface area contributed by atoms with Crippen LogP contribution < -0.4 is 5.73 Å². The Balaban J connectivity index is 2.20. The number of nitrogens with two attached hydrogens (primary N) is 1. The second-order valence-electron chi connectivity index (χ2n) is 6.14. The highest BCUT2D eigenvalue weighted by Crippen LogP contribution is 2.26. The molecule has 5 heteroatoms. The van der Waals surface area contributed by atoms with Gasteiger partial charge in [0.25, 0.3) is 0 Å². The lowest BCUT2D eigenvalue weighted by Gasteiger charge is -2.26. The molecule has 2 N–H and O–H groups in total. The molecule has 0 unspecified atom stereocenters. The molecule has 1 amide bonds. The van der Waals surface area contributed by atoms with Crippen LogP contribution in [0.15, 0.2) is 18.2 Å². The lowest BCUT2D eigenvalue weighted by molar-refractivity contribution is 0.0235. The van der Waals surface area contributed by atoms with Crippen LogP contribution in [0.4, 0.5) is 9.18 Å². The molecule has 1 aromatic rings. The average molecular weight is 280 g/mol. The van der Waals surface area contributed by atoms with Crippen molar-refractivity contribution in [3.63, 3.8) is 0 Å². The van der Waals surface area contributed by atoms with Gasteiger partial charge in [-0.3, -0.25) is 0 Å². The molecule has 1 aromatic carbocycles.